The Balaban J connectivity index is 1.50. The maximum atomic E-state index is 13.2. The lowest BCUT2D eigenvalue weighted by Crippen LogP contribution is -2.48. The Morgan fingerprint density at radius 2 is 1.82 bits per heavy atom. The summed E-state index contributed by atoms with van der Waals surface area (Å²) < 4.78 is 28.7. The minimum Gasteiger partial charge on any atom is -0.352 e. The highest BCUT2D eigenvalue weighted by atomic mass is 32.2. The van der Waals surface area contributed by atoms with Crippen molar-refractivity contribution < 1.29 is 18.0 Å². The molecule has 1 aliphatic carbocycles. The Labute approximate surface area is 202 Å². The molecule has 0 spiro atoms. The number of fused-ring (bicyclic) bond motifs is 1. The molecule has 0 unspecified atom stereocenters. The maximum Gasteiger partial charge on any atom is 0.261 e. The molecular formula is C26H33N3O4S. The van der Waals surface area contributed by atoms with Gasteiger partial charge < -0.3 is 10.2 Å². The van der Waals surface area contributed by atoms with Gasteiger partial charge in [-0.3, -0.25) is 14.3 Å². The Hall–Kier alpha value is -2.87. The molecule has 2 atom stereocenters. The first-order valence-corrected chi connectivity index (χ1v) is 13.6. The predicted molar refractivity (Wildman–Crippen MR) is 132 cm³/mol. The van der Waals surface area contributed by atoms with Gasteiger partial charge in [0, 0.05) is 23.8 Å². The number of amides is 2. The quantitative estimate of drug-likeness (QED) is 0.625. The highest BCUT2D eigenvalue weighted by Gasteiger charge is 2.35. The molecule has 0 radical (unpaired) electrons. The standard InChI is InChI=1S/C26H33N3O4S/c1-3-18(2)27-25(30)24-12-7-15-29(24)26(31)21-10-6-11-22(16-21)28-34(32,33)23-14-13-19-8-4-5-9-20(19)17-23/h6,10-11,13-14,16-18,24,28H,3-5,7-9,12,15H2,1-2H3,(H,27,30)/t18-,24-/m1/s1. The third kappa shape index (κ3) is 5.27. The van der Waals surface area contributed by atoms with Gasteiger partial charge in [0.1, 0.15) is 6.04 Å². The van der Waals surface area contributed by atoms with Crippen molar-refractivity contribution in [3.63, 3.8) is 0 Å². The fourth-order valence-corrected chi connectivity index (χ4v) is 5.80. The lowest BCUT2D eigenvalue weighted by atomic mass is 9.92. The maximum absolute atomic E-state index is 13.2. The minimum absolute atomic E-state index is 0.0476. The van der Waals surface area contributed by atoms with Gasteiger partial charge in [0.15, 0.2) is 0 Å². The van der Waals surface area contributed by atoms with Gasteiger partial charge in [0.05, 0.1) is 4.90 Å². The first-order chi connectivity index (χ1) is 16.3. The van der Waals surface area contributed by atoms with E-state index in [1.165, 1.54) is 5.56 Å². The van der Waals surface area contributed by atoms with Crippen LogP contribution in [0.4, 0.5) is 5.69 Å². The molecule has 7 nitrogen and oxygen atoms in total. The third-order valence-corrected chi connectivity index (χ3v) is 8.19. The molecular weight excluding hydrogens is 450 g/mol. The van der Waals surface area contributed by atoms with Crippen molar-refractivity contribution in [2.45, 2.75) is 75.8 Å². The summed E-state index contributed by atoms with van der Waals surface area (Å²) in [5, 5.41) is 2.97. The SMILES string of the molecule is CC[C@@H](C)NC(=O)[C@H]1CCCN1C(=O)c1cccc(NS(=O)(=O)c2ccc3c(c2)CCCC3)c1. The molecule has 1 aliphatic heterocycles. The van der Waals surface area contributed by atoms with E-state index in [-0.39, 0.29) is 22.8 Å². The monoisotopic (exact) mass is 483 g/mol. The summed E-state index contributed by atoms with van der Waals surface area (Å²) in [4.78, 5) is 27.7. The van der Waals surface area contributed by atoms with Crippen LogP contribution in [-0.2, 0) is 27.7 Å². The number of likely N-dealkylation sites (tertiary alicyclic amines) is 1. The molecule has 8 heteroatoms. The largest absolute Gasteiger partial charge is 0.352 e. The van der Waals surface area contributed by atoms with Crippen LogP contribution in [0.2, 0.25) is 0 Å². The van der Waals surface area contributed by atoms with Gasteiger partial charge in [0.2, 0.25) is 5.91 Å². The number of nitrogens with one attached hydrogen (secondary N) is 2. The zero-order valence-corrected chi connectivity index (χ0v) is 20.7. The summed E-state index contributed by atoms with van der Waals surface area (Å²) in [6, 6.07) is 11.3. The number of sulfonamides is 1. The Morgan fingerprint density at radius 3 is 2.59 bits per heavy atom. The topological polar surface area (TPSA) is 95.6 Å². The van der Waals surface area contributed by atoms with Crippen LogP contribution >= 0.6 is 0 Å². The van der Waals surface area contributed by atoms with Crippen molar-refractivity contribution in [1.82, 2.24) is 10.2 Å². The lowest BCUT2D eigenvalue weighted by molar-refractivity contribution is -0.125. The van der Waals surface area contributed by atoms with Crippen LogP contribution in [0.5, 0.6) is 0 Å². The number of anilines is 1. The first kappa shape index (κ1) is 24.3. The molecule has 0 bridgehead atoms. The van der Waals surface area contributed by atoms with Gasteiger partial charge in [-0.25, -0.2) is 8.42 Å². The summed E-state index contributed by atoms with van der Waals surface area (Å²) in [6.45, 7) is 4.44. The summed E-state index contributed by atoms with van der Waals surface area (Å²) in [6.07, 6.45) is 6.28. The zero-order chi connectivity index (χ0) is 24.3. The molecule has 2 aliphatic rings. The summed E-state index contributed by atoms with van der Waals surface area (Å²) in [5.74, 6) is -0.402. The zero-order valence-electron chi connectivity index (χ0n) is 19.8. The van der Waals surface area contributed by atoms with Crippen molar-refractivity contribution in [2.75, 3.05) is 11.3 Å². The Bertz CT molecular complexity index is 1180. The van der Waals surface area contributed by atoms with E-state index in [1.54, 1.807) is 41.3 Å². The van der Waals surface area contributed by atoms with Crippen LogP contribution in [0.1, 0.15) is 67.4 Å². The second-order valence-corrected chi connectivity index (χ2v) is 11.0. The molecule has 1 fully saturated rings. The molecule has 0 saturated carbocycles. The fraction of sp³-hybridized carbons (Fsp3) is 0.462. The number of carbonyl (C=O) groups excluding carboxylic acids is 2. The van der Waals surface area contributed by atoms with Crippen molar-refractivity contribution in [3.05, 3.63) is 59.2 Å². The fourth-order valence-electron chi connectivity index (χ4n) is 4.70. The van der Waals surface area contributed by atoms with Gasteiger partial charge in [-0.15, -0.1) is 0 Å². The molecule has 2 aromatic carbocycles. The molecule has 1 heterocycles. The van der Waals surface area contributed by atoms with E-state index in [1.807, 2.05) is 19.9 Å². The van der Waals surface area contributed by atoms with Crippen LogP contribution in [0.25, 0.3) is 0 Å². The van der Waals surface area contributed by atoms with E-state index in [0.717, 1.165) is 44.1 Å². The summed E-state index contributed by atoms with van der Waals surface area (Å²) in [7, 11) is -3.79. The second kappa shape index (κ2) is 10.2. The molecule has 4 rings (SSSR count). The van der Waals surface area contributed by atoms with Crippen LogP contribution in [0, 0.1) is 0 Å². The van der Waals surface area contributed by atoms with E-state index in [2.05, 4.69) is 10.0 Å². The van der Waals surface area contributed by atoms with E-state index < -0.39 is 16.1 Å². The van der Waals surface area contributed by atoms with Crippen molar-refractivity contribution >= 4 is 27.5 Å². The van der Waals surface area contributed by atoms with E-state index in [0.29, 0.717) is 24.2 Å². The predicted octanol–water partition coefficient (Wildman–Crippen LogP) is 3.89. The lowest BCUT2D eigenvalue weighted by Gasteiger charge is -2.25. The van der Waals surface area contributed by atoms with E-state index in [4.69, 9.17) is 0 Å². The number of benzene rings is 2. The normalized spacial score (nSPS) is 18.8. The molecule has 2 N–H and O–H groups in total. The molecule has 0 aromatic heterocycles. The smallest absolute Gasteiger partial charge is 0.261 e. The van der Waals surface area contributed by atoms with Gasteiger partial charge in [-0.05, 0) is 93.3 Å². The van der Waals surface area contributed by atoms with Gasteiger partial charge >= 0.3 is 0 Å². The molecule has 34 heavy (non-hydrogen) atoms. The van der Waals surface area contributed by atoms with E-state index >= 15 is 0 Å². The van der Waals surface area contributed by atoms with Gasteiger partial charge in [0.25, 0.3) is 15.9 Å². The Morgan fingerprint density at radius 1 is 1.06 bits per heavy atom. The number of rotatable bonds is 7. The number of hydrogen-bond acceptors (Lipinski definition) is 4. The first-order valence-electron chi connectivity index (χ1n) is 12.1. The summed E-state index contributed by atoms with van der Waals surface area (Å²) in [5.41, 5.74) is 2.99. The molecule has 182 valence electrons. The van der Waals surface area contributed by atoms with Crippen LogP contribution < -0.4 is 10.0 Å². The minimum atomic E-state index is -3.79. The molecule has 2 aromatic rings. The molecule has 1 saturated heterocycles. The average molecular weight is 484 g/mol. The van der Waals surface area contributed by atoms with Gasteiger partial charge in [-0.1, -0.05) is 19.1 Å². The van der Waals surface area contributed by atoms with Crippen molar-refractivity contribution in [3.8, 4) is 0 Å². The van der Waals surface area contributed by atoms with Gasteiger partial charge in [-0.2, -0.15) is 0 Å². The molecule has 2 amide bonds. The average Bonchev–Trinajstić information content (AvgIpc) is 3.33. The number of hydrogen-bond donors (Lipinski definition) is 2. The second-order valence-electron chi connectivity index (χ2n) is 9.30. The van der Waals surface area contributed by atoms with Crippen LogP contribution in [0.15, 0.2) is 47.4 Å². The van der Waals surface area contributed by atoms with Crippen LogP contribution in [0.3, 0.4) is 0 Å². The highest BCUT2D eigenvalue weighted by Crippen LogP contribution is 2.26. The number of aryl methyl sites for hydroxylation is 2. The summed E-state index contributed by atoms with van der Waals surface area (Å²) >= 11 is 0. The van der Waals surface area contributed by atoms with E-state index in [9.17, 15) is 18.0 Å². The Kier molecular flexibility index (Phi) is 7.26. The third-order valence-electron chi connectivity index (χ3n) is 6.81. The van der Waals surface area contributed by atoms with Crippen molar-refractivity contribution in [1.29, 1.82) is 0 Å². The highest BCUT2D eigenvalue weighted by molar-refractivity contribution is 7.92. The number of carbonyl (C=O) groups is 2. The van der Waals surface area contributed by atoms with Crippen molar-refractivity contribution in [2.24, 2.45) is 0 Å². The number of nitrogens with zero attached hydrogens (tertiary/aromatic N) is 1. The van der Waals surface area contributed by atoms with Crippen LogP contribution in [-0.4, -0.2) is 43.8 Å².